The molecular weight excluding hydrogens is 444 g/mol. The molecule has 0 spiro atoms. The van der Waals surface area contributed by atoms with Crippen molar-refractivity contribution in [2.45, 2.75) is 6.54 Å². The number of benzene rings is 2. The fourth-order valence-electron chi connectivity index (χ4n) is 2.73. The molecule has 1 amide bonds. The summed E-state index contributed by atoms with van der Waals surface area (Å²) in [6.07, 6.45) is 1.57. The summed E-state index contributed by atoms with van der Waals surface area (Å²) in [7, 11) is 0. The highest BCUT2D eigenvalue weighted by atomic mass is 35.5. The Balaban J connectivity index is 1.59. The molecule has 1 N–H and O–H groups in total. The average molecular weight is 455 g/mol. The molecule has 4 nitrogen and oxygen atoms in total. The molecule has 0 bridgehead atoms. The number of rotatable bonds is 4. The lowest BCUT2D eigenvalue weighted by Crippen LogP contribution is -2.15. The van der Waals surface area contributed by atoms with Gasteiger partial charge >= 0.3 is 0 Å². The largest absolute Gasteiger partial charge is 0.306 e. The molecule has 0 radical (unpaired) electrons. The average Bonchev–Trinajstić information content (AvgIpc) is 3.21. The summed E-state index contributed by atoms with van der Waals surface area (Å²) < 4.78 is 15.6. The summed E-state index contributed by atoms with van der Waals surface area (Å²) in [5.41, 5.74) is 0.806. The molecule has 142 valence electrons. The van der Waals surface area contributed by atoms with Crippen LogP contribution in [0.1, 0.15) is 15.2 Å². The fraction of sp³-hybridized carbons (Fsp3) is 0.0526. The maximum absolute atomic E-state index is 13.4. The van der Waals surface area contributed by atoms with Gasteiger partial charge in [0.15, 0.2) is 0 Å². The van der Waals surface area contributed by atoms with E-state index in [4.69, 9.17) is 34.8 Å². The third-order valence-electron chi connectivity index (χ3n) is 4.09. The topological polar surface area (TPSA) is 46.9 Å². The minimum Gasteiger partial charge on any atom is -0.306 e. The Morgan fingerprint density at radius 3 is 2.75 bits per heavy atom. The quantitative estimate of drug-likeness (QED) is 0.383. The van der Waals surface area contributed by atoms with E-state index in [1.54, 1.807) is 41.2 Å². The zero-order valence-corrected chi connectivity index (χ0v) is 17.1. The number of nitrogens with one attached hydrogen (secondary N) is 1. The zero-order chi connectivity index (χ0) is 19.8. The Morgan fingerprint density at radius 1 is 1.14 bits per heavy atom. The molecule has 0 atom stereocenters. The van der Waals surface area contributed by atoms with E-state index in [-0.39, 0.29) is 5.82 Å². The number of anilines is 1. The highest BCUT2D eigenvalue weighted by molar-refractivity contribution is 7.21. The molecule has 0 aliphatic carbocycles. The van der Waals surface area contributed by atoms with E-state index < -0.39 is 5.91 Å². The first-order valence-electron chi connectivity index (χ1n) is 8.07. The number of thiophene rings is 1. The van der Waals surface area contributed by atoms with Crippen LogP contribution in [0.2, 0.25) is 15.1 Å². The summed E-state index contributed by atoms with van der Waals surface area (Å²) in [5, 5.41) is 9.01. The Hall–Kier alpha value is -2.12. The van der Waals surface area contributed by atoms with Crippen molar-refractivity contribution >= 4 is 68.0 Å². The minimum absolute atomic E-state index is 0.296. The van der Waals surface area contributed by atoms with Gasteiger partial charge in [0, 0.05) is 26.2 Å². The number of halogens is 4. The van der Waals surface area contributed by atoms with Gasteiger partial charge < -0.3 is 5.32 Å². The predicted octanol–water partition coefficient (Wildman–Crippen LogP) is 6.50. The third-order valence-corrected chi connectivity index (χ3v) is 6.33. The molecule has 2 heterocycles. The summed E-state index contributed by atoms with van der Waals surface area (Å²) in [4.78, 5) is 13.0. The molecule has 0 saturated carbocycles. The Labute approximate surface area is 178 Å². The molecule has 0 unspecified atom stereocenters. The van der Waals surface area contributed by atoms with Crippen molar-refractivity contribution in [2.24, 2.45) is 0 Å². The van der Waals surface area contributed by atoms with E-state index in [9.17, 15) is 9.18 Å². The first kappa shape index (κ1) is 19.2. The van der Waals surface area contributed by atoms with Gasteiger partial charge in [0.05, 0.1) is 17.8 Å². The molecule has 9 heteroatoms. The van der Waals surface area contributed by atoms with E-state index in [2.05, 4.69) is 10.4 Å². The number of hydrogen-bond donors (Lipinski definition) is 1. The summed E-state index contributed by atoms with van der Waals surface area (Å²) >= 11 is 19.6. The van der Waals surface area contributed by atoms with Crippen LogP contribution in [0, 0.1) is 5.82 Å². The van der Waals surface area contributed by atoms with Crippen LogP contribution in [-0.4, -0.2) is 15.7 Å². The van der Waals surface area contributed by atoms with Crippen molar-refractivity contribution < 1.29 is 9.18 Å². The second-order valence-corrected chi connectivity index (χ2v) is 8.22. The van der Waals surface area contributed by atoms with Gasteiger partial charge in [-0.2, -0.15) is 5.10 Å². The number of aromatic nitrogens is 2. The Bertz CT molecular complexity index is 1200. The van der Waals surface area contributed by atoms with Crippen LogP contribution >= 0.6 is 46.1 Å². The molecule has 2 aromatic carbocycles. The van der Waals surface area contributed by atoms with E-state index in [0.717, 1.165) is 16.9 Å². The fourth-order valence-corrected chi connectivity index (χ4v) is 4.64. The smallest absolute Gasteiger partial charge is 0.268 e. The van der Waals surface area contributed by atoms with Crippen molar-refractivity contribution in [3.05, 3.63) is 80.0 Å². The lowest BCUT2D eigenvalue weighted by Gasteiger charge is -2.10. The molecule has 2 aromatic heterocycles. The van der Waals surface area contributed by atoms with Gasteiger partial charge in [0.25, 0.3) is 5.91 Å². The van der Waals surface area contributed by atoms with Crippen molar-refractivity contribution in [3.8, 4) is 0 Å². The molecule has 0 fully saturated rings. The summed E-state index contributed by atoms with van der Waals surface area (Å²) in [6.45, 7) is 0.351. The monoisotopic (exact) mass is 453 g/mol. The maximum Gasteiger partial charge on any atom is 0.268 e. The third kappa shape index (κ3) is 3.73. The number of carbonyl (C=O) groups excluding carboxylic acids is 1. The van der Waals surface area contributed by atoms with Gasteiger partial charge in [-0.25, -0.2) is 9.07 Å². The first-order chi connectivity index (χ1) is 13.4. The highest BCUT2D eigenvalue weighted by Crippen LogP contribution is 2.36. The van der Waals surface area contributed by atoms with Gasteiger partial charge in [0.1, 0.15) is 16.5 Å². The van der Waals surface area contributed by atoms with Crippen LogP contribution < -0.4 is 5.32 Å². The Kier molecular flexibility index (Phi) is 5.29. The van der Waals surface area contributed by atoms with Crippen LogP contribution in [0.3, 0.4) is 0 Å². The van der Waals surface area contributed by atoms with Crippen LogP contribution in [0.5, 0.6) is 0 Å². The van der Waals surface area contributed by atoms with Crippen LogP contribution in [0.4, 0.5) is 10.2 Å². The lowest BCUT2D eigenvalue weighted by molar-refractivity contribution is 0.102. The van der Waals surface area contributed by atoms with Crippen LogP contribution in [0.25, 0.3) is 10.1 Å². The normalized spacial score (nSPS) is 11.1. The molecule has 4 aromatic rings. The van der Waals surface area contributed by atoms with E-state index in [0.29, 0.717) is 42.4 Å². The van der Waals surface area contributed by atoms with E-state index in [1.165, 1.54) is 12.1 Å². The summed E-state index contributed by atoms with van der Waals surface area (Å²) in [5.74, 6) is -0.290. The van der Waals surface area contributed by atoms with Crippen molar-refractivity contribution in [3.63, 3.8) is 0 Å². The molecule has 28 heavy (non-hydrogen) atoms. The number of hydrogen-bond acceptors (Lipinski definition) is 3. The predicted molar refractivity (Wildman–Crippen MR) is 113 cm³/mol. The second kappa shape index (κ2) is 7.72. The van der Waals surface area contributed by atoms with Gasteiger partial charge in [-0.05, 0) is 35.9 Å². The molecule has 0 saturated heterocycles. The zero-order valence-electron chi connectivity index (χ0n) is 14.0. The van der Waals surface area contributed by atoms with Crippen LogP contribution in [0.15, 0.2) is 48.7 Å². The molecule has 0 aliphatic heterocycles. The molecule has 4 rings (SSSR count). The second-order valence-electron chi connectivity index (χ2n) is 5.95. The number of carbonyl (C=O) groups is 1. The number of nitrogens with zero attached hydrogens (tertiary/aromatic N) is 2. The summed E-state index contributed by atoms with van der Waals surface area (Å²) in [6, 6.07) is 11.1. The molecular formula is C19H11Cl3FN3OS. The van der Waals surface area contributed by atoms with Crippen LogP contribution in [-0.2, 0) is 6.54 Å². The van der Waals surface area contributed by atoms with Gasteiger partial charge in [0.2, 0.25) is 0 Å². The van der Waals surface area contributed by atoms with Crippen molar-refractivity contribution in [2.75, 3.05) is 5.32 Å². The lowest BCUT2D eigenvalue weighted by atomic mass is 10.2. The van der Waals surface area contributed by atoms with E-state index in [1.807, 2.05) is 0 Å². The SMILES string of the molecule is O=C(Nc1ccnn1Cc1ccc(Cl)cc1Cl)c1sc2cc(F)ccc2c1Cl. The Morgan fingerprint density at radius 2 is 1.96 bits per heavy atom. The maximum atomic E-state index is 13.4. The number of fused-ring (bicyclic) bond motifs is 1. The first-order valence-corrected chi connectivity index (χ1v) is 10.0. The number of amides is 1. The van der Waals surface area contributed by atoms with Gasteiger partial charge in [-0.15, -0.1) is 11.3 Å². The van der Waals surface area contributed by atoms with Crippen molar-refractivity contribution in [1.82, 2.24) is 9.78 Å². The van der Waals surface area contributed by atoms with Crippen molar-refractivity contribution in [1.29, 1.82) is 0 Å². The van der Waals surface area contributed by atoms with Gasteiger partial charge in [-0.3, -0.25) is 4.79 Å². The van der Waals surface area contributed by atoms with Gasteiger partial charge in [-0.1, -0.05) is 40.9 Å². The standard InChI is InChI=1S/C19H11Cl3FN3OS/c20-11-2-1-10(14(21)7-11)9-26-16(5-6-24-26)25-19(27)18-17(22)13-4-3-12(23)8-15(13)28-18/h1-8H,9H2,(H,25,27). The minimum atomic E-state index is -0.393. The highest BCUT2D eigenvalue weighted by Gasteiger charge is 2.19. The van der Waals surface area contributed by atoms with E-state index >= 15 is 0 Å². The molecule has 0 aliphatic rings.